The number of benzene rings is 1. The minimum Gasteiger partial charge on any atom is -0.469 e. The topological polar surface area (TPSA) is 25.2 Å². The molecule has 90 valence electrons. The van der Waals surface area contributed by atoms with E-state index in [0.717, 1.165) is 24.2 Å². The number of furan rings is 1. The molecule has 1 unspecified atom stereocenters. The zero-order valence-electron chi connectivity index (χ0n) is 9.82. The Hall–Kier alpha value is -1.61. The summed E-state index contributed by atoms with van der Waals surface area (Å²) in [7, 11) is 1.89. The van der Waals surface area contributed by atoms with E-state index in [2.05, 4.69) is 5.32 Å². The molecule has 3 heteroatoms. The number of rotatable bonds is 5. The molecule has 0 fully saturated rings. The highest BCUT2D eigenvalue weighted by molar-refractivity contribution is 5.20. The first-order chi connectivity index (χ1) is 8.29. The Balaban J connectivity index is 2.01. The average molecular weight is 233 g/mol. The number of nitrogens with one attached hydrogen (secondary N) is 1. The second-order valence-corrected chi connectivity index (χ2v) is 4.01. The normalized spacial score (nSPS) is 12.6. The van der Waals surface area contributed by atoms with Crippen molar-refractivity contribution in [3.8, 4) is 0 Å². The fraction of sp³-hybridized carbons (Fsp3) is 0.286. The Labute approximate surface area is 100 Å². The molecule has 2 nitrogen and oxygen atoms in total. The standard InChI is InChI=1S/C14H16FNO/c1-16-14(8-7-13-6-3-9-17-13)11-4-2-5-12(15)10-11/h2-6,9-10,14,16H,7-8H2,1H3. The van der Waals surface area contributed by atoms with Gasteiger partial charge in [-0.25, -0.2) is 4.39 Å². The summed E-state index contributed by atoms with van der Waals surface area (Å²) in [6.45, 7) is 0. The molecule has 0 aliphatic carbocycles. The lowest BCUT2D eigenvalue weighted by atomic mass is 10.0. The summed E-state index contributed by atoms with van der Waals surface area (Å²) in [5, 5.41) is 3.20. The lowest BCUT2D eigenvalue weighted by Crippen LogP contribution is -2.17. The molecule has 1 atom stereocenters. The molecule has 1 aromatic carbocycles. The fourth-order valence-corrected chi connectivity index (χ4v) is 1.94. The van der Waals surface area contributed by atoms with E-state index < -0.39 is 0 Å². The summed E-state index contributed by atoms with van der Waals surface area (Å²) < 4.78 is 18.4. The fourth-order valence-electron chi connectivity index (χ4n) is 1.94. The van der Waals surface area contributed by atoms with Crippen molar-refractivity contribution in [1.29, 1.82) is 0 Å². The second-order valence-electron chi connectivity index (χ2n) is 4.01. The maximum absolute atomic E-state index is 13.1. The first kappa shape index (κ1) is 11.9. The molecule has 0 aliphatic rings. The molecule has 0 radical (unpaired) electrons. The molecule has 1 heterocycles. The monoisotopic (exact) mass is 233 g/mol. The molecular weight excluding hydrogens is 217 g/mol. The lowest BCUT2D eigenvalue weighted by Gasteiger charge is -2.15. The van der Waals surface area contributed by atoms with Gasteiger partial charge >= 0.3 is 0 Å². The minimum atomic E-state index is -0.194. The summed E-state index contributed by atoms with van der Waals surface area (Å²) in [4.78, 5) is 0. The highest BCUT2D eigenvalue weighted by Crippen LogP contribution is 2.19. The van der Waals surface area contributed by atoms with Gasteiger partial charge in [-0.1, -0.05) is 12.1 Å². The summed E-state index contributed by atoms with van der Waals surface area (Å²) >= 11 is 0. The number of halogens is 1. The third-order valence-corrected chi connectivity index (χ3v) is 2.86. The van der Waals surface area contributed by atoms with Crippen molar-refractivity contribution in [2.75, 3.05) is 7.05 Å². The van der Waals surface area contributed by atoms with Gasteiger partial charge in [-0.05, 0) is 43.3 Å². The predicted molar refractivity (Wildman–Crippen MR) is 65.2 cm³/mol. The molecule has 0 amide bonds. The molecule has 1 aromatic heterocycles. The minimum absolute atomic E-state index is 0.149. The highest BCUT2D eigenvalue weighted by Gasteiger charge is 2.10. The molecule has 2 rings (SSSR count). The van der Waals surface area contributed by atoms with Crippen LogP contribution in [0.25, 0.3) is 0 Å². The smallest absolute Gasteiger partial charge is 0.123 e. The second kappa shape index (κ2) is 5.64. The van der Waals surface area contributed by atoms with E-state index >= 15 is 0 Å². The quantitative estimate of drug-likeness (QED) is 0.857. The SMILES string of the molecule is CNC(CCc1ccco1)c1cccc(F)c1. The van der Waals surface area contributed by atoms with E-state index in [1.165, 1.54) is 6.07 Å². The van der Waals surface area contributed by atoms with Crippen LogP contribution < -0.4 is 5.32 Å². The van der Waals surface area contributed by atoms with Crippen molar-refractivity contribution in [2.45, 2.75) is 18.9 Å². The van der Waals surface area contributed by atoms with Crippen LogP contribution in [0, 0.1) is 5.82 Å². The Morgan fingerprint density at radius 2 is 2.18 bits per heavy atom. The molecule has 0 aliphatic heterocycles. The number of hydrogen-bond donors (Lipinski definition) is 1. The maximum Gasteiger partial charge on any atom is 0.123 e. The Kier molecular flexibility index (Phi) is 3.94. The van der Waals surface area contributed by atoms with Crippen molar-refractivity contribution in [2.24, 2.45) is 0 Å². The van der Waals surface area contributed by atoms with Gasteiger partial charge in [-0.3, -0.25) is 0 Å². The Morgan fingerprint density at radius 1 is 1.29 bits per heavy atom. The van der Waals surface area contributed by atoms with Crippen molar-refractivity contribution in [1.82, 2.24) is 5.32 Å². The zero-order valence-corrected chi connectivity index (χ0v) is 9.82. The zero-order chi connectivity index (χ0) is 12.1. The highest BCUT2D eigenvalue weighted by atomic mass is 19.1. The van der Waals surface area contributed by atoms with Gasteiger partial charge in [0.15, 0.2) is 0 Å². The largest absolute Gasteiger partial charge is 0.469 e. The van der Waals surface area contributed by atoms with Crippen LogP contribution in [0.4, 0.5) is 4.39 Å². The molecule has 0 spiro atoms. The van der Waals surface area contributed by atoms with E-state index in [4.69, 9.17) is 4.42 Å². The van der Waals surface area contributed by atoms with Gasteiger partial charge in [0.1, 0.15) is 11.6 Å². The van der Waals surface area contributed by atoms with Crippen LogP contribution in [-0.4, -0.2) is 7.05 Å². The van der Waals surface area contributed by atoms with Crippen LogP contribution in [0.1, 0.15) is 23.8 Å². The first-order valence-electron chi connectivity index (χ1n) is 5.74. The molecular formula is C14H16FNO. The van der Waals surface area contributed by atoms with E-state index in [-0.39, 0.29) is 11.9 Å². The van der Waals surface area contributed by atoms with Gasteiger partial charge in [-0.2, -0.15) is 0 Å². The van der Waals surface area contributed by atoms with Gasteiger partial charge < -0.3 is 9.73 Å². The molecule has 0 saturated heterocycles. The van der Waals surface area contributed by atoms with E-state index in [1.807, 2.05) is 25.2 Å². The third-order valence-electron chi connectivity index (χ3n) is 2.86. The molecule has 0 bridgehead atoms. The van der Waals surface area contributed by atoms with Crippen molar-refractivity contribution >= 4 is 0 Å². The van der Waals surface area contributed by atoms with Crippen LogP contribution in [0.3, 0.4) is 0 Å². The average Bonchev–Trinajstić information content (AvgIpc) is 2.83. The summed E-state index contributed by atoms with van der Waals surface area (Å²) in [5.74, 6) is 0.766. The summed E-state index contributed by atoms with van der Waals surface area (Å²) in [5.41, 5.74) is 0.971. The van der Waals surface area contributed by atoms with Crippen molar-refractivity contribution in [3.05, 3.63) is 59.8 Å². The number of hydrogen-bond acceptors (Lipinski definition) is 2. The predicted octanol–water partition coefficient (Wildman–Crippen LogP) is 3.31. The Bertz CT molecular complexity index is 453. The van der Waals surface area contributed by atoms with E-state index in [9.17, 15) is 4.39 Å². The van der Waals surface area contributed by atoms with Gasteiger partial charge in [-0.15, -0.1) is 0 Å². The van der Waals surface area contributed by atoms with Gasteiger partial charge in [0.2, 0.25) is 0 Å². The Morgan fingerprint density at radius 3 is 2.82 bits per heavy atom. The maximum atomic E-state index is 13.1. The van der Waals surface area contributed by atoms with Crippen molar-refractivity contribution in [3.63, 3.8) is 0 Å². The van der Waals surface area contributed by atoms with Crippen LogP contribution in [0.2, 0.25) is 0 Å². The van der Waals surface area contributed by atoms with Gasteiger partial charge in [0, 0.05) is 12.5 Å². The first-order valence-corrected chi connectivity index (χ1v) is 5.74. The van der Waals surface area contributed by atoms with Gasteiger partial charge in [0.25, 0.3) is 0 Å². The summed E-state index contributed by atoms with van der Waals surface area (Å²) in [6.07, 6.45) is 3.40. The van der Waals surface area contributed by atoms with Crippen LogP contribution in [0.5, 0.6) is 0 Å². The number of aryl methyl sites for hydroxylation is 1. The van der Waals surface area contributed by atoms with Crippen molar-refractivity contribution < 1.29 is 8.81 Å². The lowest BCUT2D eigenvalue weighted by molar-refractivity contribution is 0.468. The summed E-state index contributed by atoms with van der Waals surface area (Å²) in [6, 6.07) is 10.7. The molecule has 1 N–H and O–H groups in total. The molecule has 17 heavy (non-hydrogen) atoms. The van der Waals surface area contributed by atoms with E-state index in [1.54, 1.807) is 18.4 Å². The van der Waals surface area contributed by atoms with Gasteiger partial charge in [0.05, 0.1) is 6.26 Å². The van der Waals surface area contributed by atoms with E-state index in [0.29, 0.717) is 0 Å². The van der Waals surface area contributed by atoms with Crippen LogP contribution in [0.15, 0.2) is 47.1 Å². The molecule has 0 saturated carbocycles. The third kappa shape index (κ3) is 3.17. The van der Waals surface area contributed by atoms with Crippen LogP contribution in [-0.2, 0) is 6.42 Å². The van der Waals surface area contributed by atoms with Crippen LogP contribution >= 0.6 is 0 Å². The molecule has 2 aromatic rings.